The van der Waals surface area contributed by atoms with E-state index in [4.69, 9.17) is 4.74 Å². The molecule has 0 bridgehead atoms. The Balaban J connectivity index is 1.58. The minimum absolute atomic E-state index is 0.262. The average molecular weight is 308 g/mol. The van der Waals surface area contributed by atoms with Crippen LogP contribution in [0.15, 0.2) is 42.6 Å². The van der Waals surface area contributed by atoms with Crippen LogP contribution >= 0.6 is 0 Å². The molecule has 0 saturated heterocycles. The fourth-order valence-electron chi connectivity index (χ4n) is 2.49. The molecule has 116 valence electrons. The molecule has 6 nitrogen and oxygen atoms in total. The summed E-state index contributed by atoms with van der Waals surface area (Å²) in [6.07, 6.45) is 4.29. The van der Waals surface area contributed by atoms with E-state index < -0.39 is 0 Å². The predicted octanol–water partition coefficient (Wildman–Crippen LogP) is 2.87. The summed E-state index contributed by atoms with van der Waals surface area (Å²) < 4.78 is 6.83. The number of carbonyl (C=O) groups excluding carboxylic acids is 1. The van der Waals surface area contributed by atoms with E-state index in [2.05, 4.69) is 15.4 Å². The van der Waals surface area contributed by atoms with Crippen LogP contribution in [0.1, 0.15) is 34.9 Å². The third-order valence-electron chi connectivity index (χ3n) is 3.89. The largest absolute Gasteiger partial charge is 0.497 e. The van der Waals surface area contributed by atoms with Crippen LogP contribution in [0.2, 0.25) is 0 Å². The lowest BCUT2D eigenvalue weighted by Gasteiger charge is -2.06. The lowest BCUT2D eigenvalue weighted by atomic mass is 10.3. The molecule has 4 rings (SSSR count). The highest BCUT2D eigenvalue weighted by Crippen LogP contribution is 2.39. The zero-order valence-corrected chi connectivity index (χ0v) is 12.7. The number of nitrogens with zero attached hydrogens (tertiary/aromatic N) is 3. The molecule has 1 aliphatic rings. The Labute approximate surface area is 133 Å². The Morgan fingerprint density at radius 1 is 1.30 bits per heavy atom. The number of amides is 1. The number of ether oxygens (including phenoxy) is 1. The van der Waals surface area contributed by atoms with E-state index in [0.717, 1.165) is 11.3 Å². The van der Waals surface area contributed by atoms with Crippen molar-refractivity contribution in [2.45, 2.75) is 18.8 Å². The van der Waals surface area contributed by atoms with Crippen LogP contribution in [-0.4, -0.2) is 27.6 Å². The fourth-order valence-corrected chi connectivity index (χ4v) is 2.49. The van der Waals surface area contributed by atoms with Crippen LogP contribution in [0.5, 0.6) is 5.75 Å². The molecule has 0 atom stereocenters. The Kier molecular flexibility index (Phi) is 3.22. The SMILES string of the molecule is COc1cccc(NC(=O)c2ccc3nc(C4CC4)cn3n2)c1. The van der Waals surface area contributed by atoms with Crippen LogP contribution in [0, 0.1) is 0 Å². The molecule has 0 unspecified atom stereocenters. The van der Waals surface area contributed by atoms with E-state index in [-0.39, 0.29) is 5.91 Å². The Hall–Kier alpha value is -2.89. The van der Waals surface area contributed by atoms with Crippen LogP contribution in [-0.2, 0) is 0 Å². The van der Waals surface area contributed by atoms with Gasteiger partial charge < -0.3 is 10.1 Å². The number of nitrogens with one attached hydrogen (secondary N) is 1. The number of carbonyl (C=O) groups is 1. The van der Waals surface area contributed by atoms with Gasteiger partial charge in [-0.25, -0.2) is 9.50 Å². The summed E-state index contributed by atoms with van der Waals surface area (Å²) in [7, 11) is 1.59. The van der Waals surface area contributed by atoms with Crippen molar-refractivity contribution in [1.29, 1.82) is 0 Å². The first-order valence-electron chi connectivity index (χ1n) is 7.55. The maximum atomic E-state index is 12.4. The molecule has 0 spiro atoms. The highest BCUT2D eigenvalue weighted by Gasteiger charge is 2.26. The van der Waals surface area contributed by atoms with Crippen molar-refractivity contribution in [2.75, 3.05) is 12.4 Å². The Bertz CT molecular complexity index is 883. The summed E-state index contributed by atoms with van der Waals surface area (Å²) in [6.45, 7) is 0. The molecule has 1 amide bonds. The lowest BCUT2D eigenvalue weighted by Crippen LogP contribution is -2.15. The first-order valence-corrected chi connectivity index (χ1v) is 7.55. The monoisotopic (exact) mass is 308 g/mol. The first-order chi connectivity index (χ1) is 11.2. The third-order valence-corrected chi connectivity index (χ3v) is 3.89. The minimum Gasteiger partial charge on any atom is -0.497 e. The number of rotatable bonds is 4. The van der Waals surface area contributed by atoms with Gasteiger partial charge in [0.25, 0.3) is 5.91 Å². The van der Waals surface area contributed by atoms with Crippen molar-refractivity contribution in [3.05, 3.63) is 54.0 Å². The summed E-state index contributed by atoms with van der Waals surface area (Å²) in [5.41, 5.74) is 2.84. The number of anilines is 1. The number of aromatic nitrogens is 3. The van der Waals surface area contributed by atoms with Gasteiger partial charge in [-0.3, -0.25) is 4.79 Å². The molecule has 1 aliphatic carbocycles. The van der Waals surface area contributed by atoms with Crippen molar-refractivity contribution < 1.29 is 9.53 Å². The van der Waals surface area contributed by atoms with Gasteiger partial charge in [0, 0.05) is 17.7 Å². The second-order valence-corrected chi connectivity index (χ2v) is 5.65. The highest BCUT2D eigenvalue weighted by molar-refractivity contribution is 6.02. The molecule has 1 N–H and O–H groups in total. The Morgan fingerprint density at radius 3 is 2.96 bits per heavy atom. The zero-order chi connectivity index (χ0) is 15.8. The van der Waals surface area contributed by atoms with Gasteiger partial charge in [-0.15, -0.1) is 0 Å². The molecule has 1 saturated carbocycles. The molecule has 23 heavy (non-hydrogen) atoms. The van der Waals surface area contributed by atoms with Gasteiger partial charge in [-0.05, 0) is 37.1 Å². The molecule has 2 aromatic heterocycles. The molecule has 2 heterocycles. The molecule has 0 radical (unpaired) electrons. The molecule has 6 heteroatoms. The van der Waals surface area contributed by atoms with Gasteiger partial charge in [0.15, 0.2) is 5.65 Å². The molecular formula is C17H16N4O2. The van der Waals surface area contributed by atoms with Crippen LogP contribution in [0.4, 0.5) is 5.69 Å². The maximum Gasteiger partial charge on any atom is 0.276 e. The smallest absolute Gasteiger partial charge is 0.276 e. The predicted molar refractivity (Wildman–Crippen MR) is 85.9 cm³/mol. The number of methoxy groups -OCH3 is 1. The van der Waals surface area contributed by atoms with E-state index in [1.807, 2.05) is 24.4 Å². The van der Waals surface area contributed by atoms with Gasteiger partial charge in [0.2, 0.25) is 0 Å². The molecule has 1 fully saturated rings. The summed E-state index contributed by atoms with van der Waals surface area (Å²) >= 11 is 0. The van der Waals surface area contributed by atoms with Gasteiger partial charge in [0.05, 0.1) is 19.0 Å². The topological polar surface area (TPSA) is 68.5 Å². The van der Waals surface area contributed by atoms with Gasteiger partial charge in [0.1, 0.15) is 11.4 Å². The van der Waals surface area contributed by atoms with Gasteiger partial charge in [-0.1, -0.05) is 6.07 Å². The molecule has 0 aliphatic heterocycles. The molecule has 3 aromatic rings. The number of imidazole rings is 1. The quantitative estimate of drug-likeness (QED) is 0.804. The summed E-state index contributed by atoms with van der Waals surface area (Å²) in [5.74, 6) is 0.988. The number of hydrogen-bond acceptors (Lipinski definition) is 4. The minimum atomic E-state index is -0.262. The van der Waals surface area contributed by atoms with E-state index in [9.17, 15) is 4.79 Å². The average Bonchev–Trinajstić information content (AvgIpc) is 3.33. The zero-order valence-electron chi connectivity index (χ0n) is 12.7. The number of hydrogen-bond donors (Lipinski definition) is 1. The van der Waals surface area contributed by atoms with Crippen molar-refractivity contribution in [1.82, 2.24) is 14.6 Å². The molecular weight excluding hydrogens is 292 g/mol. The highest BCUT2D eigenvalue weighted by atomic mass is 16.5. The van der Waals surface area contributed by atoms with Crippen molar-refractivity contribution in [2.24, 2.45) is 0 Å². The normalized spacial score (nSPS) is 14.0. The lowest BCUT2D eigenvalue weighted by molar-refractivity contribution is 0.102. The van der Waals surface area contributed by atoms with E-state index in [0.29, 0.717) is 23.0 Å². The van der Waals surface area contributed by atoms with E-state index in [1.54, 1.807) is 29.8 Å². The fraction of sp³-hybridized carbons (Fsp3) is 0.235. The summed E-state index contributed by atoms with van der Waals surface area (Å²) in [6, 6.07) is 10.7. The number of benzene rings is 1. The van der Waals surface area contributed by atoms with Crippen molar-refractivity contribution in [3.63, 3.8) is 0 Å². The first kappa shape index (κ1) is 13.8. The van der Waals surface area contributed by atoms with Crippen molar-refractivity contribution >= 4 is 17.2 Å². The summed E-state index contributed by atoms with van der Waals surface area (Å²) in [4.78, 5) is 16.9. The van der Waals surface area contributed by atoms with Gasteiger partial charge >= 0.3 is 0 Å². The van der Waals surface area contributed by atoms with Crippen LogP contribution in [0.25, 0.3) is 5.65 Å². The van der Waals surface area contributed by atoms with E-state index in [1.165, 1.54) is 12.8 Å². The molecule has 1 aromatic carbocycles. The van der Waals surface area contributed by atoms with Crippen LogP contribution in [0.3, 0.4) is 0 Å². The Morgan fingerprint density at radius 2 is 2.17 bits per heavy atom. The van der Waals surface area contributed by atoms with Gasteiger partial charge in [-0.2, -0.15) is 5.10 Å². The second-order valence-electron chi connectivity index (χ2n) is 5.65. The maximum absolute atomic E-state index is 12.4. The second kappa shape index (κ2) is 5.39. The summed E-state index contributed by atoms with van der Waals surface area (Å²) in [5, 5.41) is 7.18. The number of fused-ring (bicyclic) bond motifs is 1. The standard InChI is InChI=1S/C17H16N4O2/c1-23-13-4-2-3-12(9-13)18-17(22)14-7-8-16-19-15(11-5-6-11)10-21(16)20-14/h2-4,7-11H,5-6H2,1H3,(H,18,22). The third kappa shape index (κ3) is 2.75. The van der Waals surface area contributed by atoms with Crippen LogP contribution < -0.4 is 10.1 Å². The van der Waals surface area contributed by atoms with E-state index >= 15 is 0 Å². The van der Waals surface area contributed by atoms with Crippen molar-refractivity contribution in [3.8, 4) is 5.75 Å².